The highest BCUT2D eigenvalue weighted by Gasteiger charge is 2.35. The van der Waals surface area contributed by atoms with Crippen molar-refractivity contribution in [3.63, 3.8) is 0 Å². The molecule has 5 heteroatoms. The van der Waals surface area contributed by atoms with E-state index in [-0.39, 0.29) is 6.10 Å². The number of hydrogen-bond donors (Lipinski definition) is 1. The maximum atomic E-state index is 5.62. The van der Waals surface area contributed by atoms with Crippen LogP contribution in [0.25, 0.3) is 0 Å². The highest BCUT2D eigenvalue weighted by molar-refractivity contribution is 5.13. The van der Waals surface area contributed by atoms with Crippen molar-refractivity contribution < 1.29 is 4.74 Å². The van der Waals surface area contributed by atoms with Crippen molar-refractivity contribution in [3.8, 4) is 0 Å². The van der Waals surface area contributed by atoms with E-state index in [1.165, 1.54) is 25.7 Å². The molecule has 2 heterocycles. The van der Waals surface area contributed by atoms with Gasteiger partial charge < -0.3 is 4.74 Å². The van der Waals surface area contributed by atoms with E-state index in [2.05, 4.69) is 26.4 Å². The van der Waals surface area contributed by atoms with Crippen LogP contribution in [0.3, 0.4) is 0 Å². The summed E-state index contributed by atoms with van der Waals surface area (Å²) >= 11 is 0. The van der Waals surface area contributed by atoms with E-state index in [9.17, 15) is 0 Å². The van der Waals surface area contributed by atoms with E-state index >= 15 is 0 Å². The minimum Gasteiger partial charge on any atom is -0.379 e. The Bertz CT molecular complexity index is 429. The molecule has 3 rings (SSSR count). The van der Waals surface area contributed by atoms with Gasteiger partial charge in [0.15, 0.2) is 0 Å². The van der Waals surface area contributed by atoms with Crippen LogP contribution >= 0.6 is 0 Å². The van der Waals surface area contributed by atoms with E-state index in [1.54, 1.807) is 12.7 Å². The highest BCUT2D eigenvalue weighted by Crippen LogP contribution is 2.29. The summed E-state index contributed by atoms with van der Waals surface area (Å²) < 4.78 is 5.62. The third-order valence-electron chi connectivity index (χ3n) is 4.27. The van der Waals surface area contributed by atoms with Crippen LogP contribution in [0.5, 0.6) is 0 Å². The molecule has 104 valence electrons. The van der Waals surface area contributed by atoms with Gasteiger partial charge in [-0.3, -0.25) is 4.90 Å². The molecule has 1 saturated heterocycles. The molecule has 5 nitrogen and oxygen atoms in total. The normalized spacial score (nSPS) is 28.6. The van der Waals surface area contributed by atoms with Crippen molar-refractivity contribution in [2.24, 2.45) is 0 Å². The van der Waals surface area contributed by atoms with Gasteiger partial charge >= 0.3 is 0 Å². The number of ether oxygens (including phenoxy) is 1. The quantitative estimate of drug-likeness (QED) is 0.839. The van der Waals surface area contributed by atoms with E-state index in [0.29, 0.717) is 5.92 Å². The Kier molecular flexibility index (Phi) is 3.94. The number of methoxy groups -OCH3 is 1. The van der Waals surface area contributed by atoms with Crippen molar-refractivity contribution in [1.82, 2.24) is 20.3 Å². The summed E-state index contributed by atoms with van der Waals surface area (Å²) in [5.41, 5.74) is 2.62. The first-order valence-corrected chi connectivity index (χ1v) is 7.15. The summed E-state index contributed by atoms with van der Waals surface area (Å²) in [6, 6.07) is 0. The van der Waals surface area contributed by atoms with Crippen molar-refractivity contribution >= 4 is 0 Å². The molecular weight excluding hydrogens is 240 g/mol. The van der Waals surface area contributed by atoms with Gasteiger partial charge in [-0.05, 0) is 25.7 Å². The maximum absolute atomic E-state index is 5.62. The van der Waals surface area contributed by atoms with Crippen LogP contribution < -0.4 is 0 Å². The maximum Gasteiger partial charge on any atom is 0.0894 e. The second-order valence-corrected chi connectivity index (χ2v) is 5.58. The zero-order valence-electron chi connectivity index (χ0n) is 11.5. The number of hydrogen-bond acceptors (Lipinski definition) is 4. The number of aromatic amines is 1. The number of nitrogens with one attached hydrogen (secondary N) is 1. The summed E-state index contributed by atoms with van der Waals surface area (Å²) in [4.78, 5) is 2.49. The molecule has 0 spiro atoms. The largest absolute Gasteiger partial charge is 0.379 e. The molecule has 0 saturated carbocycles. The topological polar surface area (TPSA) is 54.0 Å². The Balaban J connectivity index is 1.64. The van der Waals surface area contributed by atoms with Crippen LogP contribution in [-0.2, 0) is 4.74 Å². The Labute approximate surface area is 114 Å². The van der Waals surface area contributed by atoms with Gasteiger partial charge in [-0.2, -0.15) is 15.4 Å². The van der Waals surface area contributed by atoms with Crippen molar-refractivity contribution in [2.75, 3.05) is 26.7 Å². The Morgan fingerprint density at radius 2 is 2.37 bits per heavy atom. The zero-order chi connectivity index (χ0) is 13.1. The monoisotopic (exact) mass is 262 g/mol. The Morgan fingerprint density at radius 1 is 1.42 bits per heavy atom. The van der Waals surface area contributed by atoms with Gasteiger partial charge in [0.1, 0.15) is 0 Å². The molecule has 0 unspecified atom stereocenters. The Morgan fingerprint density at radius 3 is 3.05 bits per heavy atom. The minimum absolute atomic E-state index is 0.231. The fourth-order valence-corrected chi connectivity index (χ4v) is 3.23. The van der Waals surface area contributed by atoms with E-state index in [0.717, 1.165) is 25.3 Å². The fraction of sp³-hybridized carbons (Fsp3) is 0.714. The third-order valence-corrected chi connectivity index (χ3v) is 4.27. The third kappa shape index (κ3) is 2.87. The Hall–Kier alpha value is -1.20. The van der Waals surface area contributed by atoms with Gasteiger partial charge in [-0.25, -0.2) is 0 Å². The number of rotatable bonds is 4. The van der Waals surface area contributed by atoms with Crippen LogP contribution in [0.1, 0.15) is 37.3 Å². The number of allylic oxidation sites excluding steroid dienone is 1. The highest BCUT2D eigenvalue weighted by atomic mass is 16.5. The van der Waals surface area contributed by atoms with Crippen molar-refractivity contribution in [1.29, 1.82) is 0 Å². The number of aromatic nitrogens is 3. The molecular formula is C14H22N4O. The predicted octanol–water partition coefficient (Wildman–Crippen LogP) is 1.72. The molecule has 0 amide bonds. The number of nitrogens with zero attached hydrogens (tertiary/aromatic N) is 3. The molecule has 1 aliphatic carbocycles. The second kappa shape index (κ2) is 5.84. The molecule has 0 aromatic carbocycles. The van der Waals surface area contributed by atoms with E-state index in [1.807, 2.05) is 6.20 Å². The first kappa shape index (κ1) is 12.8. The molecule has 1 N–H and O–H groups in total. The number of likely N-dealkylation sites (tertiary alicyclic amines) is 1. The van der Waals surface area contributed by atoms with Gasteiger partial charge in [0.25, 0.3) is 0 Å². The zero-order valence-corrected chi connectivity index (χ0v) is 11.5. The average molecular weight is 262 g/mol. The molecule has 0 radical (unpaired) electrons. The van der Waals surface area contributed by atoms with Crippen molar-refractivity contribution in [3.05, 3.63) is 23.5 Å². The first-order chi connectivity index (χ1) is 9.36. The molecule has 1 aliphatic heterocycles. The van der Waals surface area contributed by atoms with Crippen LogP contribution in [0.15, 0.2) is 17.8 Å². The minimum atomic E-state index is 0.231. The van der Waals surface area contributed by atoms with Gasteiger partial charge in [-0.1, -0.05) is 11.6 Å². The van der Waals surface area contributed by atoms with Gasteiger partial charge in [0.2, 0.25) is 0 Å². The summed E-state index contributed by atoms with van der Waals surface area (Å²) in [5.74, 6) is 0.341. The molecule has 1 fully saturated rings. The molecule has 19 heavy (non-hydrogen) atoms. The molecule has 1 aromatic heterocycles. The van der Waals surface area contributed by atoms with Gasteiger partial charge in [0.05, 0.1) is 18.0 Å². The van der Waals surface area contributed by atoms with Crippen LogP contribution in [0.2, 0.25) is 0 Å². The second-order valence-electron chi connectivity index (χ2n) is 5.58. The van der Waals surface area contributed by atoms with Gasteiger partial charge in [0, 0.05) is 32.7 Å². The standard InChI is InChI=1S/C14H22N4O/c1-19-14-10-18(8-11-5-3-2-4-6-11)9-12(14)13-7-15-17-16-13/h5,7,12,14H,2-4,6,8-10H2,1H3,(H,15,16,17)/t12-,14+/m0/s1. The van der Waals surface area contributed by atoms with Crippen LogP contribution in [0.4, 0.5) is 0 Å². The molecule has 2 atom stereocenters. The van der Waals surface area contributed by atoms with E-state index in [4.69, 9.17) is 4.74 Å². The van der Waals surface area contributed by atoms with Crippen LogP contribution in [-0.4, -0.2) is 53.2 Å². The van der Waals surface area contributed by atoms with E-state index < -0.39 is 0 Å². The fourth-order valence-electron chi connectivity index (χ4n) is 3.23. The van der Waals surface area contributed by atoms with Crippen molar-refractivity contribution in [2.45, 2.75) is 37.7 Å². The summed E-state index contributed by atoms with van der Waals surface area (Å²) in [6.07, 6.45) is 9.70. The van der Waals surface area contributed by atoms with Gasteiger partial charge in [-0.15, -0.1) is 0 Å². The lowest BCUT2D eigenvalue weighted by Gasteiger charge is -2.20. The predicted molar refractivity (Wildman–Crippen MR) is 72.9 cm³/mol. The lowest BCUT2D eigenvalue weighted by molar-refractivity contribution is 0.0971. The molecule has 1 aromatic rings. The smallest absolute Gasteiger partial charge is 0.0894 e. The lowest BCUT2D eigenvalue weighted by atomic mass is 9.99. The number of H-pyrrole nitrogens is 1. The summed E-state index contributed by atoms with van der Waals surface area (Å²) in [6.45, 7) is 3.10. The summed E-state index contributed by atoms with van der Waals surface area (Å²) in [7, 11) is 1.79. The first-order valence-electron chi connectivity index (χ1n) is 7.15. The van der Waals surface area contributed by atoms with Crippen LogP contribution in [0, 0.1) is 0 Å². The SMILES string of the molecule is CO[C@@H]1CN(CC2=CCCCC2)C[C@H]1c1cn[nH]n1. The summed E-state index contributed by atoms with van der Waals surface area (Å²) in [5, 5.41) is 10.8. The average Bonchev–Trinajstić information content (AvgIpc) is 3.08. The molecule has 2 aliphatic rings. The molecule has 0 bridgehead atoms. The lowest BCUT2D eigenvalue weighted by Crippen LogP contribution is -2.25.